The molecule has 0 radical (unpaired) electrons. The van der Waals surface area contributed by atoms with Gasteiger partial charge < -0.3 is 10.6 Å². The molecule has 2 aliphatic rings. The van der Waals surface area contributed by atoms with Crippen molar-refractivity contribution in [3.8, 4) is 11.1 Å². The van der Waals surface area contributed by atoms with E-state index in [0.29, 0.717) is 34.7 Å². The molecule has 2 N–H and O–H groups in total. The van der Waals surface area contributed by atoms with Crippen molar-refractivity contribution < 1.29 is 31.5 Å². The van der Waals surface area contributed by atoms with Gasteiger partial charge in [-0.2, -0.15) is 5.10 Å². The first-order valence-corrected chi connectivity index (χ1v) is 13.7. The Balaban J connectivity index is 1.35. The Morgan fingerprint density at radius 2 is 1.81 bits per heavy atom. The molecule has 0 saturated heterocycles. The minimum absolute atomic E-state index is 0.0536. The van der Waals surface area contributed by atoms with Gasteiger partial charge in [0.25, 0.3) is 12.3 Å². The lowest BCUT2D eigenvalue weighted by Gasteiger charge is -2.22. The average molecular weight is 596 g/mol. The summed E-state index contributed by atoms with van der Waals surface area (Å²) in [5.74, 6) is -3.21. The predicted octanol–water partition coefficient (Wildman–Crippen LogP) is 5.42. The summed E-state index contributed by atoms with van der Waals surface area (Å²) in [5, 5.41) is 9.29. The number of nitrogens with zero attached hydrogens (tertiary/aromatic N) is 3. The molecule has 222 valence electrons. The molecule has 43 heavy (non-hydrogen) atoms. The SMILES string of the molecule is CNC(=O)c1cc(-c2cccnc2[C@H](Cc2cc(F)cc(F)c2)NC(=O)Cn2nc(C(F)F)c3c2C[C@H]2C[C@@H]32)ccc1F. The van der Waals surface area contributed by atoms with E-state index in [1.165, 1.54) is 30.1 Å². The van der Waals surface area contributed by atoms with Crippen LogP contribution in [0.25, 0.3) is 11.1 Å². The lowest BCUT2D eigenvalue weighted by atomic mass is 9.94. The molecule has 0 bridgehead atoms. The molecule has 3 atom stereocenters. The van der Waals surface area contributed by atoms with Crippen molar-refractivity contribution in [1.29, 1.82) is 0 Å². The summed E-state index contributed by atoms with van der Waals surface area (Å²) in [6, 6.07) is 9.25. The monoisotopic (exact) mass is 595 g/mol. The third-order valence-corrected chi connectivity index (χ3v) is 7.99. The number of benzene rings is 2. The maximum atomic E-state index is 14.4. The van der Waals surface area contributed by atoms with E-state index >= 15 is 0 Å². The van der Waals surface area contributed by atoms with Gasteiger partial charge >= 0.3 is 0 Å². The highest BCUT2D eigenvalue weighted by molar-refractivity contribution is 5.95. The summed E-state index contributed by atoms with van der Waals surface area (Å²) < 4.78 is 71.4. The van der Waals surface area contributed by atoms with Crippen LogP contribution in [-0.2, 0) is 24.2 Å². The van der Waals surface area contributed by atoms with Crippen LogP contribution in [0.1, 0.15) is 63.4 Å². The summed E-state index contributed by atoms with van der Waals surface area (Å²) in [6.45, 7) is -0.345. The van der Waals surface area contributed by atoms with Gasteiger partial charge in [-0.15, -0.1) is 0 Å². The molecular formula is C31H26F5N5O2. The first-order chi connectivity index (χ1) is 20.6. The van der Waals surface area contributed by atoms with Gasteiger partial charge in [-0.05, 0) is 72.6 Å². The molecule has 2 aliphatic carbocycles. The molecule has 7 nitrogen and oxygen atoms in total. The van der Waals surface area contributed by atoms with Gasteiger partial charge in [0.15, 0.2) is 0 Å². The lowest BCUT2D eigenvalue weighted by molar-refractivity contribution is -0.122. The smallest absolute Gasteiger partial charge is 0.282 e. The summed E-state index contributed by atoms with van der Waals surface area (Å²) in [4.78, 5) is 30.1. The topological polar surface area (TPSA) is 88.9 Å². The molecule has 1 saturated carbocycles. The largest absolute Gasteiger partial charge is 0.355 e. The summed E-state index contributed by atoms with van der Waals surface area (Å²) >= 11 is 0. The molecule has 1 fully saturated rings. The van der Waals surface area contributed by atoms with Crippen LogP contribution in [-0.4, -0.2) is 33.6 Å². The quantitative estimate of drug-likeness (QED) is 0.253. The molecular weight excluding hydrogens is 569 g/mol. The second-order valence-electron chi connectivity index (χ2n) is 10.8. The van der Waals surface area contributed by atoms with Crippen molar-refractivity contribution in [3.63, 3.8) is 0 Å². The lowest BCUT2D eigenvalue weighted by Crippen LogP contribution is -2.34. The summed E-state index contributed by atoms with van der Waals surface area (Å²) in [6.07, 6.45) is 0.0258. The summed E-state index contributed by atoms with van der Waals surface area (Å²) in [7, 11) is 1.37. The fourth-order valence-corrected chi connectivity index (χ4v) is 6.01. The van der Waals surface area contributed by atoms with Gasteiger partial charge in [0.05, 0.1) is 17.3 Å². The maximum absolute atomic E-state index is 14.4. The van der Waals surface area contributed by atoms with Crippen molar-refractivity contribution in [3.05, 3.63) is 106 Å². The van der Waals surface area contributed by atoms with Crippen molar-refractivity contribution in [2.45, 2.75) is 44.2 Å². The Kier molecular flexibility index (Phi) is 7.45. The van der Waals surface area contributed by atoms with Gasteiger partial charge in [-0.25, -0.2) is 22.0 Å². The number of alkyl halides is 2. The number of pyridine rings is 1. The molecule has 6 rings (SSSR count). The van der Waals surface area contributed by atoms with E-state index in [4.69, 9.17) is 0 Å². The minimum Gasteiger partial charge on any atom is -0.355 e. The number of hydrogen-bond donors (Lipinski definition) is 2. The average Bonchev–Trinajstić information content (AvgIpc) is 3.49. The zero-order valence-electron chi connectivity index (χ0n) is 22.9. The van der Waals surface area contributed by atoms with E-state index in [1.54, 1.807) is 12.1 Å². The molecule has 2 aromatic heterocycles. The van der Waals surface area contributed by atoms with Gasteiger partial charge in [-0.1, -0.05) is 12.1 Å². The van der Waals surface area contributed by atoms with Gasteiger partial charge in [-0.3, -0.25) is 19.3 Å². The third kappa shape index (κ3) is 5.61. The predicted molar refractivity (Wildman–Crippen MR) is 146 cm³/mol. The number of carbonyl (C=O) groups excluding carboxylic acids is 2. The Hall–Kier alpha value is -4.61. The molecule has 0 aliphatic heterocycles. The molecule has 2 aromatic carbocycles. The number of carbonyl (C=O) groups is 2. The number of amides is 2. The zero-order valence-corrected chi connectivity index (χ0v) is 22.9. The van der Waals surface area contributed by atoms with Crippen molar-refractivity contribution in [1.82, 2.24) is 25.4 Å². The number of fused-ring (bicyclic) bond motifs is 3. The van der Waals surface area contributed by atoms with Crippen molar-refractivity contribution in [2.75, 3.05) is 7.05 Å². The Bertz CT molecular complexity index is 1720. The van der Waals surface area contributed by atoms with E-state index < -0.39 is 41.7 Å². The third-order valence-electron chi connectivity index (χ3n) is 7.99. The van der Waals surface area contributed by atoms with Crippen molar-refractivity contribution in [2.24, 2.45) is 5.92 Å². The first kappa shape index (κ1) is 28.5. The summed E-state index contributed by atoms with van der Waals surface area (Å²) in [5.41, 5.74) is 2.03. The van der Waals surface area contributed by atoms with Crippen LogP contribution in [0.3, 0.4) is 0 Å². The van der Waals surface area contributed by atoms with Crippen LogP contribution < -0.4 is 10.6 Å². The van der Waals surface area contributed by atoms with E-state index in [2.05, 4.69) is 20.7 Å². The number of hydrogen-bond acceptors (Lipinski definition) is 4. The van der Waals surface area contributed by atoms with Gasteiger partial charge in [0.2, 0.25) is 5.91 Å². The van der Waals surface area contributed by atoms with Gasteiger partial charge in [0, 0.05) is 36.1 Å². The molecule has 12 heteroatoms. The number of halogens is 5. The highest BCUT2D eigenvalue weighted by Crippen LogP contribution is 2.58. The second kappa shape index (κ2) is 11.2. The molecule has 2 heterocycles. The number of nitrogens with one attached hydrogen (secondary N) is 2. The van der Waals surface area contributed by atoms with Crippen LogP contribution in [0, 0.1) is 23.4 Å². The molecule has 4 aromatic rings. The van der Waals surface area contributed by atoms with E-state index in [-0.39, 0.29) is 41.4 Å². The minimum atomic E-state index is -2.76. The van der Waals surface area contributed by atoms with E-state index in [0.717, 1.165) is 30.7 Å². The Morgan fingerprint density at radius 1 is 1.05 bits per heavy atom. The molecule has 2 amide bonds. The highest BCUT2D eigenvalue weighted by atomic mass is 19.3. The fourth-order valence-electron chi connectivity index (χ4n) is 6.01. The van der Waals surface area contributed by atoms with Gasteiger partial charge in [0.1, 0.15) is 29.7 Å². The van der Waals surface area contributed by atoms with Crippen molar-refractivity contribution >= 4 is 11.8 Å². The standard InChI is InChI=1S/C31H26F5N5O2/c1-37-31(43)22-10-16(4-5-23(22)34)20-3-2-6-38-28(20)24(9-15-7-18(32)13-19(33)8-15)39-26(42)14-41-25-12-17-11-21(17)27(25)29(40-41)30(35)36/h2-8,10,13,17,21,24,30H,9,11-12,14H2,1H3,(H,37,43)(H,39,42)/t17-,21-,24+/m1/s1. The number of aromatic nitrogens is 3. The number of rotatable bonds is 9. The molecule has 0 spiro atoms. The zero-order chi connectivity index (χ0) is 30.4. The van der Waals surface area contributed by atoms with Crippen LogP contribution in [0.4, 0.5) is 22.0 Å². The highest BCUT2D eigenvalue weighted by Gasteiger charge is 2.50. The Morgan fingerprint density at radius 3 is 2.53 bits per heavy atom. The second-order valence-corrected chi connectivity index (χ2v) is 10.8. The van der Waals surface area contributed by atoms with Crippen LogP contribution in [0.5, 0.6) is 0 Å². The van der Waals surface area contributed by atoms with Crippen LogP contribution in [0.15, 0.2) is 54.7 Å². The van der Waals surface area contributed by atoms with Crippen LogP contribution in [0.2, 0.25) is 0 Å². The van der Waals surface area contributed by atoms with E-state index in [9.17, 15) is 31.5 Å². The first-order valence-electron chi connectivity index (χ1n) is 13.7. The normalized spacial score (nSPS) is 17.4. The molecule has 0 unspecified atom stereocenters. The fraction of sp³-hybridized carbons (Fsp3) is 0.290. The van der Waals surface area contributed by atoms with Crippen LogP contribution >= 0.6 is 0 Å². The Labute approximate surface area is 243 Å². The maximum Gasteiger partial charge on any atom is 0.282 e. The van der Waals surface area contributed by atoms with E-state index in [1.807, 2.05) is 0 Å².